The summed E-state index contributed by atoms with van der Waals surface area (Å²) in [5, 5.41) is 3.14. The fraction of sp³-hybridized carbons (Fsp3) is 0.250. The van der Waals surface area contributed by atoms with E-state index >= 15 is 0 Å². The smallest absolute Gasteiger partial charge is 0.272 e. The minimum atomic E-state index is -0.0945. The number of carbonyl (C=O) groups excluding carboxylic acids is 1. The lowest BCUT2D eigenvalue weighted by Crippen LogP contribution is -2.49. The van der Waals surface area contributed by atoms with Crippen LogP contribution in [0.25, 0.3) is 0 Å². The monoisotopic (exact) mass is 375 g/mol. The van der Waals surface area contributed by atoms with Gasteiger partial charge >= 0.3 is 0 Å². The van der Waals surface area contributed by atoms with Crippen LogP contribution in [0.5, 0.6) is 0 Å². The quantitative estimate of drug-likeness (QED) is 0.748. The Hall–Kier alpha value is -3.55. The highest BCUT2D eigenvalue weighted by Crippen LogP contribution is 2.15. The number of hydrogen-bond acceptors (Lipinski definition) is 7. The molecule has 0 radical (unpaired) electrons. The van der Waals surface area contributed by atoms with Gasteiger partial charge in [0.2, 0.25) is 11.9 Å². The summed E-state index contributed by atoms with van der Waals surface area (Å²) in [6, 6.07) is 11.4. The number of carbonyl (C=O) groups is 1. The van der Waals surface area contributed by atoms with Crippen molar-refractivity contribution in [1.29, 1.82) is 0 Å². The van der Waals surface area contributed by atoms with Crippen molar-refractivity contribution < 1.29 is 4.79 Å². The molecule has 1 aliphatic heterocycles. The fourth-order valence-corrected chi connectivity index (χ4v) is 3.03. The first kappa shape index (κ1) is 17.8. The molecule has 3 heterocycles. The van der Waals surface area contributed by atoms with Crippen molar-refractivity contribution in [3.8, 4) is 0 Å². The van der Waals surface area contributed by atoms with Gasteiger partial charge < -0.3 is 15.1 Å². The van der Waals surface area contributed by atoms with E-state index in [-0.39, 0.29) is 5.91 Å². The highest BCUT2D eigenvalue weighted by molar-refractivity contribution is 5.92. The van der Waals surface area contributed by atoms with E-state index in [1.165, 1.54) is 5.56 Å². The number of benzene rings is 1. The van der Waals surface area contributed by atoms with E-state index in [1.807, 2.05) is 31.2 Å². The summed E-state index contributed by atoms with van der Waals surface area (Å²) in [7, 11) is 0. The van der Waals surface area contributed by atoms with Crippen molar-refractivity contribution in [2.75, 3.05) is 36.4 Å². The zero-order valence-electron chi connectivity index (χ0n) is 15.6. The van der Waals surface area contributed by atoms with E-state index in [0.29, 0.717) is 43.8 Å². The molecule has 8 nitrogen and oxygen atoms in total. The zero-order chi connectivity index (χ0) is 19.3. The van der Waals surface area contributed by atoms with Gasteiger partial charge in [-0.05, 0) is 31.2 Å². The standard InChI is InChI=1S/C20H21N7O/c1-15-3-5-16(6-4-15)24-19-21-10-7-17(25-19)18(28)26-11-13-27(14-12-26)20-22-8-2-9-23-20/h2-10H,11-14H2,1H3,(H,21,24,25). The van der Waals surface area contributed by atoms with Gasteiger partial charge in [0.25, 0.3) is 5.91 Å². The first-order chi connectivity index (χ1) is 13.7. The number of piperazine rings is 1. The third kappa shape index (κ3) is 4.06. The molecule has 3 aromatic rings. The normalized spacial score (nSPS) is 14.0. The maximum absolute atomic E-state index is 12.9. The topological polar surface area (TPSA) is 87.1 Å². The molecular weight excluding hydrogens is 354 g/mol. The minimum Gasteiger partial charge on any atom is -0.337 e. The van der Waals surface area contributed by atoms with Gasteiger partial charge in [0.05, 0.1) is 0 Å². The van der Waals surface area contributed by atoms with Crippen LogP contribution in [0, 0.1) is 6.92 Å². The maximum Gasteiger partial charge on any atom is 0.272 e. The van der Waals surface area contributed by atoms with Crippen LogP contribution in [0.15, 0.2) is 55.0 Å². The number of hydrogen-bond donors (Lipinski definition) is 1. The SMILES string of the molecule is Cc1ccc(Nc2nccc(C(=O)N3CCN(c4ncccn4)CC3)n2)cc1. The highest BCUT2D eigenvalue weighted by Gasteiger charge is 2.24. The molecule has 2 aromatic heterocycles. The predicted octanol–water partition coefficient (Wildman–Crippen LogP) is 2.28. The largest absolute Gasteiger partial charge is 0.337 e. The lowest BCUT2D eigenvalue weighted by molar-refractivity contribution is 0.0740. The number of aryl methyl sites for hydroxylation is 1. The van der Waals surface area contributed by atoms with Crippen LogP contribution in [0.1, 0.15) is 16.1 Å². The fourth-order valence-electron chi connectivity index (χ4n) is 3.03. The Morgan fingerprint density at radius 3 is 2.36 bits per heavy atom. The summed E-state index contributed by atoms with van der Waals surface area (Å²) in [6.45, 7) is 4.61. The molecule has 0 bridgehead atoms. The van der Waals surface area contributed by atoms with Crippen molar-refractivity contribution in [1.82, 2.24) is 24.8 Å². The molecule has 0 unspecified atom stereocenters. The third-order valence-corrected chi connectivity index (χ3v) is 4.58. The molecule has 1 N–H and O–H groups in total. The molecule has 28 heavy (non-hydrogen) atoms. The van der Waals surface area contributed by atoms with Gasteiger partial charge in [-0.15, -0.1) is 0 Å². The third-order valence-electron chi connectivity index (χ3n) is 4.58. The number of nitrogens with zero attached hydrogens (tertiary/aromatic N) is 6. The molecule has 0 atom stereocenters. The number of anilines is 3. The second-order valence-electron chi connectivity index (χ2n) is 6.58. The van der Waals surface area contributed by atoms with Crippen molar-refractivity contribution in [3.63, 3.8) is 0 Å². The average molecular weight is 375 g/mol. The number of nitrogens with one attached hydrogen (secondary N) is 1. The maximum atomic E-state index is 12.9. The highest BCUT2D eigenvalue weighted by atomic mass is 16.2. The number of rotatable bonds is 4. The number of amides is 1. The van der Waals surface area contributed by atoms with Crippen LogP contribution in [0.4, 0.5) is 17.6 Å². The summed E-state index contributed by atoms with van der Waals surface area (Å²) >= 11 is 0. The Morgan fingerprint density at radius 1 is 0.929 bits per heavy atom. The van der Waals surface area contributed by atoms with Crippen LogP contribution in [0.2, 0.25) is 0 Å². The van der Waals surface area contributed by atoms with Crippen molar-refractivity contribution in [2.45, 2.75) is 6.92 Å². The summed E-state index contributed by atoms with van der Waals surface area (Å²) < 4.78 is 0. The van der Waals surface area contributed by atoms with E-state index in [2.05, 4.69) is 30.2 Å². The molecule has 0 saturated carbocycles. The average Bonchev–Trinajstić information content (AvgIpc) is 2.76. The number of aromatic nitrogens is 4. The van der Waals surface area contributed by atoms with Gasteiger partial charge in [0.1, 0.15) is 5.69 Å². The lowest BCUT2D eigenvalue weighted by atomic mass is 10.2. The van der Waals surface area contributed by atoms with Gasteiger partial charge in [0.15, 0.2) is 0 Å². The van der Waals surface area contributed by atoms with Crippen LogP contribution >= 0.6 is 0 Å². The molecule has 1 saturated heterocycles. The molecule has 0 aliphatic carbocycles. The molecule has 1 aliphatic rings. The zero-order valence-corrected chi connectivity index (χ0v) is 15.6. The Labute approximate surface area is 163 Å². The van der Waals surface area contributed by atoms with E-state index in [9.17, 15) is 4.79 Å². The summed E-state index contributed by atoms with van der Waals surface area (Å²) in [4.78, 5) is 33.9. The molecule has 0 spiro atoms. The molecular formula is C20H21N7O. The second-order valence-corrected chi connectivity index (χ2v) is 6.58. The van der Waals surface area contributed by atoms with Crippen molar-refractivity contribution >= 4 is 23.5 Å². The van der Waals surface area contributed by atoms with Crippen LogP contribution in [0.3, 0.4) is 0 Å². The molecule has 1 fully saturated rings. The van der Waals surface area contributed by atoms with Gasteiger partial charge in [0, 0.05) is 50.5 Å². The second kappa shape index (κ2) is 7.99. The predicted molar refractivity (Wildman–Crippen MR) is 107 cm³/mol. The summed E-state index contributed by atoms with van der Waals surface area (Å²) in [6.07, 6.45) is 5.05. The van der Waals surface area contributed by atoms with Crippen molar-refractivity contribution in [2.24, 2.45) is 0 Å². The summed E-state index contributed by atoms with van der Waals surface area (Å²) in [5.41, 5.74) is 2.44. The Morgan fingerprint density at radius 2 is 1.64 bits per heavy atom. The van der Waals surface area contributed by atoms with E-state index in [0.717, 1.165) is 5.69 Å². The van der Waals surface area contributed by atoms with Crippen molar-refractivity contribution in [3.05, 3.63) is 66.2 Å². The Kier molecular flexibility index (Phi) is 5.09. The first-order valence-electron chi connectivity index (χ1n) is 9.17. The molecule has 1 aromatic carbocycles. The van der Waals surface area contributed by atoms with E-state index < -0.39 is 0 Å². The molecule has 4 rings (SSSR count). The van der Waals surface area contributed by atoms with E-state index in [4.69, 9.17) is 0 Å². The van der Waals surface area contributed by atoms with Gasteiger partial charge in [-0.1, -0.05) is 17.7 Å². The Bertz CT molecular complexity index is 938. The van der Waals surface area contributed by atoms with E-state index in [1.54, 1.807) is 35.6 Å². The van der Waals surface area contributed by atoms with Crippen LogP contribution in [-0.2, 0) is 0 Å². The summed E-state index contributed by atoms with van der Waals surface area (Å²) in [5.74, 6) is 1.01. The molecule has 8 heteroatoms. The van der Waals surface area contributed by atoms with Crippen LogP contribution in [-0.4, -0.2) is 56.9 Å². The Balaban J connectivity index is 1.40. The first-order valence-corrected chi connectivity index (χ1v) is 9.17. The molecule has 142 valence electrons. The minimum absolute atomic E-state index is 0.0945. The lowest BCUT2D eigenvalue weighted by Gasteiger charge is -2.34. The van der Waals surface area contributed by atoms with Crippen LogP contribution < -0.4 is 10.2 Å². The van der Waals surface area contributed by atoms with Gasteiger partial charge in [-0.25, -0.2) is 19.9 Å². The molecule has 1 amide bonds. The van der Waals surface area contributed by atoms with Gasteiger partial charge in [-0.3, -0.25) is 4.79 Å². The van der Waals surface area contributed by atoms with Gasteiger partial charge in [-0.2, -0.15) is 0 Å².